The number of piperazine rings is 1. The van der Waals surface area contributed by atoms with Crippen LogP contribution < -0.4 is 10.6 Å². The first-order valence-electron chi connectivity index (χ1n) is 4.03. The van der Waals surface area contributed by atoms with Crippen LogP contribution in [0.25, 0.3) is 0 Å². The molecule has 4 nitrogen and oxygen atoms in total. The Bertz CT molecular complexity index is 109. The second kappa shape index (κ2) is 3.06. The van der Waals surface area contributed by atoms with Crippen LogP contribution >= 0.6 is 0 Å². The molecule has 2 saturated heterocycles. The van der Waals surface area contributed by atoms with Gasteiger partial charge >= 0.3 is 0 Å². The van der Waals surface area contributed by atoms with Gasteiger partial charge in [-0.05, 0) is 0 Å². The summed E-state index contributed by atoms with van der Waals surface area (Å²) in [4.78, 5) is 0. The standard InChI is InChI=1S/C7H14N2O2/c1-2-9-7(3-8-1)4-10-6-11-5-7/h8-9H,1-6H2. The lowest BCUT2D eigenvalue weighted by Gasteiger charge is -2.40. The molecule has 0 amide bonds. The maximum Gasteiger partial charge on any atom is 0.146 e. The van der Waals surface area contributed by atoms with E-state index in [9.17, 15) is 0 Å². The fraction of sp³-hybridized carbons (Fsp3) is 1.00. The molecule has 0 aromatic heterocycles. The highest BCUT2D eigenvalue weighted by atomic mass is 16.7. The number of nitrogens with one attached hydrogen (secondary N) is 2. The highest BCUT2D eigenvalue weighted by Gasteiger charge is 2.34. The van der Waals surface area contributed by atoms with Crippen LogP contribution in [0.4, 0.5) is 0 Å². The molecule has 1 spiro atoms. The van der Waals surface area contributed by atoms with Gasteiger partial charge in [-0.15, -0.1) is 0 Å². The zero-order valence-corrected chi connectivity index (χ0v) is 6.56. The maximum absolute atomic E-state index is 5.24. The third-order valence-corrected chi connectivity index (χ3v) is 2.19. The Labute approximate surface area is 66.2 Å². The minimum absolute atomic E-state index is 0.0521. The zero-order valence-electron chi connectivity index (χ0n) is 6.56. The Balaban J connectivity index is 1.94. The highest BCUT2D eigenvalue weighted by Crippen LogP contribution is 2.12. The predicted molar refractivity (Wildman–Crippen MR) is 40.4 cm³/mol. The Morgan fingerprint density at radius 1 is 1.09 bits per heavy atom. The van der Waals surface area contributed by atoms with Crippen LogP contribution in [0, 0.1) is 0 Å². The molecule has 0 radical (unpaired) electrons. The molecule has 64 valence electrons. The molecule has 0 bridgehead atoms. The Kier molecular flexibility index (Phi) is 2.09. The van der Waals surface area contributed by atoms with Gasteiger partial charge in [0.15, 0.2) is 0 Å². The third kappa shape index (κ3) is 1.54. The molecule has 0 unspecified atom stereocenters. The van der Waals surface area contributed by atoms with Gasteiger partial charge in [0.2, 0.25) is 0 Å². The summed E-state index contributed by atoms with van der Waals surface area (Å²) < 4.78 is 10.5. The molecule has 0 saturated carbocycles. The van der Waals surface area contributed by atoms with Gasteiger partial charge in [-0.2, -0.15) is 0 Å². The highest BCUT2D eigenvalue weighted by molar-refractivity contribution is 4.94. The van der Waals surface area contributed by atoms with Crippen molar-refractivity contribution in [3.05, 3.63) is 0 Å². The molecular formula is C7H14N2O2. The molecule has 11 heavy (non-hydrogen) atoms. The molecule has 0 aliphatic carbocycles. The molecule has 0 aromatic rings. The predicted octanol–water partition coefficient (Wildman–Crippen LogP) is -1.08. The van der Waals surface area contributed by atoms with E-state index >= 15 is 0 Å². The first kappa shape index (κ1) is 7.49. The van der Waals surface area contributed by atoms with Crippen LogP contribution in [0.2, 0.25) is 0 Å². The topological polar surface area (TPSA) is 42.5 Å². The van der Waals surface area contributed by atoms with Gasteiger partial charge in [0.05, 0.1) is 18.8 Å². The van der Waals surface area contributed by atoms with Crippen molar-refractivity contribution in [2.45, 2.75) is 5.54 Å². The van der Waals surface area contributed by atoms with E-state index in [1.165, 1.54) is 0 Å². The van der Waals surface area contributed by atoms with Gasteiger partial charge in [-0.25, -0.2) is 0 Å². The number of hydrogen-bond acceptors (Lipinski definition) is 4. The third-order valence-electron chi connectivity index (χ3n) is 2.19. The molecule has 2 heterocycles. The summed E-state index contributed by atoms with van der Waals surface area (Å²) in [6.07, 6.45) is 0. The van der Waals surface area contributed by atoms with E-state index in [0.29, 0.717) is 6.79 Å². The molecule has 0 atom stereocenters. The number of ether oxygens (including phenoxy) is 2. The van der Waals surface area contributed by atoms with E-state index in [-0.39, 0.29) is 5.54 Å². The van der Waals surface area contributed by atoms with E-state index < -0.39 is 0 Å². The minimum Gasteiger partial charge on any atom is -0.353 e. The fourth-order valence-electron chi connectivity index (χ4n) is 1.59. The summed E-state index contributed by atoms with van der Waals surface area (Å²) in [6.45, 7) is 4.98. The maximum atomic E-state index is 5.24. The normalized spacial score (nSPS) is 30.5. The quantitative estimate of drug-likeness (QED) is 0.471. The molecule has 2 aliphatic heterocycles. The number of rotatable bonds is 0. The molecule has 2 rings (SSSR count). The van der Waals surface area contributed by atoms with Crippen LogP contribution in [-0.4, -0.2) is 45.2 Å². The van der Waals surface area contributed by atoms with Crippen molar-refractivity contribution >= 4 is 0 Å². The average molecular weight is 158 g/mol. The van der Waals surface area contributed by atoms with Gasteiger partial charge in [-0.1, -0.05) is 0 Å². The lowest BCUT2D eigenvalue weighted by Crippen LogP contribution is -2.65. The summed E-state index contributed by atoms with van der Waals surface area (Å²) in [5.41, 5.74) is 0.0521. The SMILES string of the molecule is C1CNC2(CN1)COCOC2. The average Bonchev–Trinajstić information content (AvgIpc) is 2.07. The van der Waals surface area contributed by atoms with Crippen molar-refractivity contribution in [3.63, 3.8) is 0 Å². The Hall–Kier alpha value is -0.160. The molecule has 2 aliphatic rings. The van der Waals surface area contributed by atoms with Crippen molar-refractivity contribution < 1.29 is 9.47 Å². The summed E-state index contributed by atoms with van der Waals surface area (Å²) in [7, 11) is 0. The van der Waals surface area contributed by atoms with Crippen molar-refractivity contribution in [1.29, 1.82) is 0 Å². The Morgan fingerprint density at radius 2 is 1.91 bits per heavy atom. The van der Waals surface area contributed by atoms with Crippen molar-refractivity contribution in [3.8, 4) is 0 Å². The van der Waals surface area contributed by atoms with Gasteiger partial charge in [0, 0.05) is 19.6 Å². The molecule has 2 N–H and O–H groups in total. The van der Waals surface area contributed by atoms with E-state index in [2.05, 4.69) is 10.6 Å². The van der Waals surface area contributed by atoms with Crippen LogP contribution in [0.5, 0.6) is 0 Å². The molecular weight excluding hydrogens is 144 g/mol. The van der Waals surface area contributed by atoms with Crippen LogP contribution in [0.1, 0.15) is 0 Å². The van der Waals surface area contributed by atoms with Gasteiger partial charge in [-0.3, -0.25) is 0 Å². The van der Waals surface area contributed by atoms with Crippen LogP contribution in [0.15, 0.2) is 0 Å². The second-order valence-corrected chi connectivity index (χ2v) is 3.20. The summed E-state index contributed by atoms with van der Waals surface area (Å²) in [5, 5.41) is 6.74. The lowest BCUT2D eigenvalue weighted by atomic mass is 9.99. The summed E-state index contributed by atoms with van der Waals surface area (Å²) in [6, 6.07) is 0. The van der Waals surface area contributed by atoms with Crippen molar-refractivity contribution in [2.75, 3.05) is 39.6 Å². The van der Waals surface area contributed by atoms with E-state index in [1.807, 2.05) is 0 Å². The summed E-state index contributed by atoms with van der Waals surface area (Å²) in [5.74, 6) is 0. The molecule has 0 aromatic carbocycles. The largest absolute Gasteiger partial charge is 0.353 e. The van der Waals surface area contributed by atoms with Crippen molar-refractivity contribution in [2.24, 2.45) is 0 Å². The zero-order chi connectivity index (χ0) is 7.57. The molecule has 4 heteroatoms. The van der Waals surface area contributed by atoms with Gasteiger partial charge in [0.25, 0.3) is 0 Å². The van der Waals surface area contributed by atoms with Crippen molar-refractivity contribution in [1.82, 2.24) is 10.6 Å². The lowest BCUT2D eigenvalue weighted by molar-refractivity contribution is -0.145. The summed E-state index contributed by atoms with van der Waals surface area (Å²) >= 11 is 0. The first-order valence-corrected chi connectivity index (χ1v) is 4.03. The monoisotopic (exact) mass is 158 g/mol. The minimum atomic E-state index is 0.0521. The van der Waals surface area contributed by atoms with Gasteiger partial charge in [0.1, 0.15) is 6.79 Å². The van der Waals surface area contributed by atoms with E-state index in [1.54, 1.807) is 0 Å². The van der Waals surface area contributed by atoms with E-state index in [4.69, 9.17) is 9.47 Å². The van der Waals surface area contributed by atoms with Crippen LogP contribution in [-0.2, 0) is 9.47 Å². The molecule has 2 fully saturated rings. The van der Waals surface area contributed by atoms with E-state index in [0.717, 1.165) is 32.8 Å². The second-order valence-electron chi connectivity index (χ2n) is 3.20. The fourth-order valence-corrected chi connectivity index (χ4v) is 1.59. The van der Waals surface area contributed by atoms with Crippen LogP contribution in [0.3, 0.4) is 0 Å². The smallest absolute Gasteiger partial charge is 0.146 e. The Morgan fingerprint density at radius 3 is 2.55 bits per heavy atom. The first-order chi connectivity index (χ1) is 5.41. The van der Waals surface area contributed by atoms with Gasteiger partial charge < -0.3 is 20.1 Å². The number of hydrogen-bond donors (Lipinski definition) is 2.